The zero-order valence-electron chi connectivity index (χ0n) is 23.2. The molecule has 0 radical (unpaired) electrons. The number of benzene rings is 2. The van der Waals surface area contributed by atoms with E-state index in [9.17, 15) is 19.5 Å². The molecule has 0 unspecified atom stereocenters. The number of hydrogen-bond acceptors (Lipinski definition) is 5. The van der Waals surface area contributed by atoms with Crippen molar-refractivity contribution in [2.24, 2.45) is 13.0 Å². The van der Waals surface area contributed by atoms with E-state index in [4.69, 9.17) is 0 Å². The van der Waals surface area contributed by atoms with E-state index in [2.05, 4.69) is 4.98 Å². The normalized spacial score (nSPS) is 20.7. The Hall–Kier alpha value is -4.24. The number of aryl methyl sites for hydroxylation is 1. The van der Waals surface area contributed by atoms with Crippen LogP contribution in [0.25, 0.3) is 11.0 Å². The molecule has 2 fully saturated rings. The van der Waals surface area contributed by atoms with Crippen LogP contribution in [-0.2, 0) is 18.4 Å². The van der Waals surface area contributed by atoms with Crippen LogP contribution in [0.1, 0.15) is 41.1 Å². The Kier molecular flexibility index (Phi) is 7.21. The highest BCUT2D eigenvalue weighted by Gasteiger charge is 2.41. The average molecular weight is 554 g/mol. The fraction of sp³-hybridized carbons (Fsp3) is 0.375. The minimum absolute atomic E-state index is 0.0149. The second-order valence-electron chi connectivity index (χ2n) is 11.4. The lowest BCUT2D eigenvalue weighted by molar-refractivity contribution is -0.142. The van der Waals surface area contributed by atoms with Crippen LogP contribution in [0, 0.1) is 5.92 Å². The number of likely N-dealkylation sites (tertiary alicyclic amines) is 2. The molecule has 9 nitrogen and oxygen atoms in total. The Balaban J connectivity index is 1.15. The van der Waals surface area contributed by atoms with Gasteiger partial charge < -0.3 is 19.5 Å². The first-order chi connectivity index (χ1) is 19.8. The molecule has 212 valence electrons. The summed E-state index contributed by atoms with van der Waals surface area (Å²) in [6.45, 7) is 1.96. The largest absolute Gasteiger partial charge is 0.388 e. The number of carbonyl (C=O) groups excluding carboxylic acids is 2. The van der Waals surface area contributed by atoms with Gasteiger partial charge in [-0.2, -0.15) is 0 Å². The van der Waals surface area contributed by atoms with Gasteiger partial charge in [0, 0.05) is 56.8 Å². The minimum atomic E-state index is -1.10. The molecule has 2 atom stereocenters. The molecule has 2 aliphatic heterocycles. The average Bonchev–Trinajstić information content (AvgIpc) is 3.40. The van der Waals surface area contributed by atoms with Crippen molar-refractivity contribution >= 4 is 22.8 Å². The quantitative estimate of drug-likeness (QED) is 0.410. The van der Waals surface area contributed by atoms with E-state index in [1.807, 2.05) is 77.5 Å². The van der Waals surface area contributed by atoms with Gasteiger partial charge in [0.15, 0.2) is 0 Å². The molecule has 9 heteroatoms. The second-order valence-corrected chi connectivity index (χ2v) is 11.4. The summed E-state index contributed by atoms with van der Waals surface area (Å²) < 4.78 is 3.27. The zero-order chi connectivity index (χ0) is 28.6. The predicted molar refractivity (Wildman–Crippen MR) is 155 cm³/mol. The number of fused-ring (bicyclic) bond motifs is 1. The summed E-state index contributed by atoms with van der Waals surface area (Å²) in [7, 11) is 1.84. The third kappa shape index (κ3) is 5.29. The maximum Gasteiger partial charge on any atom is 0.262 e. The summed E-state index contributed by atoms with van der Waals surface area (Å²) in [5.41, 5.74) is 1.04. The molecule has 0 aliphatic carbocycles. The van der Waals surface area contributed by atoms with E-state index in [1.54, 1.807) is 16.8 Å². The van der Waals surface area contributed by atoms with Crippen LogP contribution in [0.3, 0.4) is 0 Å². The number of rotatable bonds is 5. The maximum absolute atomic E-state index is 13.9. The Labute approximate surface area is 238 Å². The van der Waals surface area contributed by atoms with E-state index in [0.717, 1.165) is 5.56 Å². The molecule has 2 aromatic heterocycles. The maximum atomic E-state index is 13.9. The van der Waals surface area contributed by atoms with Crippen molar-refractivity contribution < 1.29 is 14.7 Å². The van der Waals surface area contributed by atoms with Gasteiger partial charge in [0.2, 0.25) is 5.91 Å². The molecule has 2 amide bonds. The van der Waals surface area contributed by atoms with E-state index in [1.165, 1.54) is 10.9 Å². The first kappa shape index (κ1) is 27.0. The highest BCUT2D eigenvalue weighted by Crippen LogP contribution is 2.36. The standard InChI is InChI=1S/C32H35N5O4/c1-34-16-12-26-28(34)33-22-37(31(26)40)21-32(41)14-18-35(19-15-32)30(39)25-13-17-36(29(38)24-10-6-3-7-11-24)20-27(25)23-8-4-2-5-9-23/h2-12,16,22,25,27,41H,13-15,17-21H2,1H3/t25-,27+/m1/s1. The highest BCUT2D eigenvalue weighted by molar-refractivity contribution is 5.94. The van der Waals surface area contributed by atoms with Gasteiger partial charge in [0.05, 0.1) is 17.5 Å². The van der Waals surface area contributed by atoms with Gasteiger partial charge in [0.1, 0.15) is 12.0 Å². The summed E-state index contributed by atoms with van der Waals surface area (Å²) in [6.07, 6.45) is 4.62. The third-order valence-corrected chi connectivity index (χ3v) is 8.79. The number of aliphatic hydroxyl groups is 1. The molecule has 2 saturated heterocycles. The fourth-order valence-electron chi connectivity index (χ4n) is 6.38. The first-order valence-electron chi connectivity index (χ1n) is 14.2. The molecule has 0 bridgehead atoms. The number of piperidine rings is 2. The van der Waals surface area contributed by atoms with Crippen molar-refractivity contribution in [3.05, 3.63) is 101 Å². The molecule has 2 aliphatic rings. The van der Waals surface area contributed by atoms with Crippen LogP contribution < -0.4 is 5.56 Å². The monoisotopic (exact) mass is 553 g/mol. The molecule has 0 saturated carbocycles. The molecule has 0 spiro atoms. The fourth-order valence-corrected chi connectivity index (χ4v) is 6.38. The van der Waals surface area contributed by atoms with Gasteiger partial charge in [-0.15, -0.1) is 0 Å². The summed E-state index contributed by atoms with van der Waals surface area (Å²) in [4.78, 5) is 48.3. The second kappa shape index (κ2) is 11.0. The van der Waals surface area contributed by atoms with Gasteiger partial charge in [-0.1, -0.05) is 48.5 Å². The molecule has 2 aromatic carbocycles. The number of amides is 2. The van der Waals surface area contributed by atoms with Crippen molar-refractivity contribution in [3.8, 4) is 0 Å². The van der Waals surface area contributed by atoms with Crippen LogP contribution in [0.4, 0.5) is 0 Å². The zero-order valence-corrected chi connectivity index (χ0v) is 23.2. The van der Waals surface area contributed by atoms with E-state index in [-0.39, 0.29) is 35.8 Å². The van der Waals surface area contributed by atoms with Crippen LogP contribution >= 0.6 is 0 Å². The van der Waals surface area contributed by atoms with E-state index < -0.39 is 5.60 Å². The Morgan fingerprint density at radius 3 is 2.34 bits per heavy atom. The molecular formula is C32H35N5O4. The highest BCUT2D eigenvalue weighted by atomic mass is 16.3. The Morgan fingerprint density at radius 2 is 1.63 bits per heavy atom. The van der Waals surface area contributed by atoms with Crippen LogP contribution in [0.2, 0.25) is 0 Å². The van der Waals surface area contributed by atoms with Crippen molar-refractivity contribution in [2.75, 3.05) is 26.2 Å². The van der Waals surface area contributed by atoms with Crippen LogP contribution in [0.15, 0.2) is 84.0 Å². The molecule has 4 heterocycles. The number of aromatic nitrogens is 3. The summed E-state index contributed by atoms with van der Waals surface area (Å²) in [6, 6.07) is 21.0. The molecule has 1 N–H and O–H groups in total. The van der Waals surface area contributed by atoms with Gasteiger partial charge in [-0.3, -0.25) is 19.0 Å². The number of nitrogens with zero attached hydrogens (tertiary/aromatic N) is 5. The summed E-state index contributed by atoms with van der Waals surface area (Å²) in [5.74, 6) is -0.319. The van der Waals surface area contributed by atoms with E-state index >= 15 is 0 Å². The number of carbonyl (C=O) groups is 2. The predicted octanol–water partition coefficient (Wildman–Crippen LogP) is 3.03. The summed E-state index contributed by atoms with van der Waals surface area (Å²) >= 11 is 0. The molecule has 6 rings (SSSR count). The van der Waals surface area contributed by atoms with Crippen LogP contribution in [-0.4, -0.2) is 72.6 Å². The van der Waals surface area contributed by atoms with Crippen molar-refractivity contribution in [2.45, 2.75) is 37.3 Å². The molecule has 4 aromatic rings. The lowest BCUT2D eigenvalue weighted by Gasteiger charge is -2.43. The van der Waals surface area contributed by atoms with Gasteiger partial charge >= 0.3 is 0 Å². The lowest BCUT2D eigenvalue weighted by Crippen LogP contribution is -2.53. The van der Waals surface area contributed by atoms with Gasteiger partial charge in [-0.25, -0.2) is 4.98 Å². The minimum Gasteiger partial charge on any atom is -0.388 e. The smallest absolute Gasteiger partial charge is 0.262 e. The van der Waals surface area contributed by atoms with Gasteiger partial charge in [-0.05, 0) is 43.0 Å². The van der Waals surface area contributed by atoms with E-state index in [0.29, 0.717) is 62.0 Å². The van der Waals surface area contributed by atoms with Crippen LogP contribution in [0.5, 0.6) is 0 Å². The van der Waals surface area contributed by atoms with Gasteiger partial charge in [0.25, 0.3) is 11.5 Å². The molecular weight excluding hydrogens is 518 g/mol. The number of hydrogen-bond donors (Lipinski definition) is 1. The third-order valence-electron chi connectivity index (χ3n) is 8.79. The van der Waals surface area contributed by atoms with Crippen molar-refractivity contribution in [3.63, 3.8) is 0 Å². The Bertz CT molecular complexity index is 1610. The lowest BCUT2D eigenvalue weighted by atomic mass is 9.79. The Morgan fingerprint density at radius 1 is 0.951 bits per heavy atom. The molecule has 41 heavy (non-hydrogen) atoms. The summed E-state index contributed by atoms with van der Waals surface area (Å²) in [5, 5.41) is 11.9. The first-order valence-corrected chi connectivity index (χ1v) is 14.2. The topological polar surface area (TPSA) is 101 Å². The van der Waals surface area contributed by atoms with Crippen molar-refractivity contribution in [1.82, 2.24) is 23.9 Å². The SMILES string of the molecule is Cn1ccc2c(=O)n(CC3(O)CCN(C(=O)[C@@H]4CCN(C(=O)c5ccccc5)C[C@H]4c4ccccc4)CC3)cnc21. The van der Waals surface area contributed by atoms with Crippen molar-refractivity contribution in [1.29, 1.82) is 0 Å².